The Morgan fingerprint density at radius 2 is 2.13 bits per heavy atom. The van der Waals surface area contributed by atoms with Crippen LogP contribution in [-0.4, -0.2) is 64.8 Å². The molecule has 1 atom stereocenters. The van der Waals surface area contributed by atoms with Gasteiger partial charge in [0.05, 0.1) is 19.2 Å². The monoisotopic (exact) mass is 432 g/mol. The van der Waals surface area contributed by atoms with Gasteiger partial charge in [-0.15, -0.1) is 5.10 Å². The molecule has 0 bridgehead atoms. The van der Waals surface area contributed by atoms with Gasteiger partial charge in [0.25, 0.3) is 0 Å². The zero-order valence-corrected chi connectivity index (χ0v) is 17.8. The van der Waals surface area contributed by atoms with Crippen LogP contribution in [0.3, 0.4) is 0 Å². The third kappa shape index (κ3) is 7.46. The number of carboxylic acid groups (broad SMARTS) is 1. The van der Waals surface area contributed by atoms with E-state index in [2.05, 4.69) is 20.4 Å². The van der Waals surface area contributed by atoms with E-state index in [9.17, 15) is 9.59 Å². The summed E-state index contributed by atoms with van der Waals surface area (Å²) in [4.78, 5) is 25.0. The van der Waals surface area contributed by atoms with Crippen molar-refractivity contribution in [2.75, 3.05) is 26.2 Å². The molecule has 2 aliphatic rings. The number of nitrogens with one attached hydrogen (secondary N) is 1. The number of rotatable bonds is 10. The van der Waals surface area contributed by atoms with Gasteiger partial charge in [0, 0.05) is 0 Å². The maximum atomic E-state index is 11.7. The van der Waals surface area contributed by atoms with Crippen molar-refractivity contribution in [3.8, 4) is 5.75 Å². The number of ether oxygens (including phenoxy) is 1. The van der Waals surface area contributed by atoms with Crippen LogP contribution in [0.4, 0.5) is 0 Å². The molecule has 0 aromatic heterocycles. The standard InChI is InChI=1S/C21H28N4O4S/c26-19(27)14-18-20(28)23-21(30-18)24-22-15-16-7-6-8-17(13-16)29-12-5-4-11-25-9-2-1-3-10-25/h6-8,13,15,18H,1-5,9-12,14H2,(H,26,27)(H,23,24,28). The molecule has 2 heterocycles. The van der Waals surface area contributed by atoms with Gasteiger partial charge in [-0.3, -0.25) is 9.59 Å². The van der Waals surface area contributed by atoms with E-state index in [4.69, 9.17) is 9.84 Å². The van der Waals surface area contributed by atoms with Crippen molar-refractivity contribution in [2.24, 2.45) is 10.2 Å². The van der Waals surface area contributed by atoms with Crippen LogP contribution < -0.4 is 10.1 Å². The third-order valence-corrected chi connectivity index (χ3v) is 6.01. The van der Waals surface area contributed by atoms with Crippen LogP contribution >= 0.6 is 11.8 Å². The molecule has 162 valence electrons. The first-order valence-corrected chi connectivity index (χ1v) is 11.2. The van der Waals surface area contributed by atoms with E-state index in [0.29, 0.717) is 11.8 Å². The van der Waals surface area contributed by atoms with E-state index in [-0.39, 0.29) is 12.3 Å². The van der Waals surface area contributed by atoms with Crippen LogP contribution in [0.5, 0.6) is 5.75 Å². The van der Waals surface area contributed by atoms with Gasteiger partial charge in [0.2, 0.25) is 5.91 Å². The van der Waals surface area contributed by atoms with Crippen molar-refractivity contribution >= 4 is 35.0 Å². The molecule has 1 amide bonds. The first-order valence-electron chi connectivity index (χ1n) is 10.4. The Morgan fingerprint density at radius 3 is 2.93 bits per heavy atom. The number of carbonyl (C=O) groups excluding carboxylic acids is 1. The Bertz CT molecular complexity index is 793. The lowest BCUT2D eigenvalue weighted by atomic mass is 10.1. The maximum absolute atomic E-state index is 11.7. The second-order valence-electron chi connectivity index (χ2n) is 7.37. The van der Waals surface area contributed by atoms with Crippen molar-refractivity contribution in [1.29, 1.82) is 0 Å². The topological polar surface area (TPSA) is 104 Å². The molecule has 2 saturated heterocycles. The second kappa shape index (κ2) is 11.7. The Labute approximate surface area is 180 Å². The minimum atomic E-state index is -1.02. The van der Waals surface area contributed by atoms with Gasteiger partial charge in [-0.2, -0.15) is 5.10 Å². The van der Waals surface area contributed by atoms with Crippen molar-refractivity contribution in [2.45, 2.75) is 43.8 Å². The quantitative estimate of drug-likeness (QED) is 0.335. The summed E-state index contributed by atoms with van der Waals surface area (Å²) in [6, 6.07) is 7.59. The average molecular weight is 433 g/mol. The number of hydrogen-bond acceptors (Lipinski definition) is 7. The van der Waals surface area contributed by atoms with Gasteiger partial charge in [0.15, 0.2) is 5.17 Å². The van der Waals surface area contributed by atoms with Crippen LogP contribution in [-0.2, 0) is 9.59 Å². The smallest absolute Gasteiger partial charge is 0.305 e. The highest BCUT2D eigenvalue weighted by molar-refractivity contribution is 8.15. The SMILES string of the molecule is O=C(O)CC1SC(=NN=Cc2cccc(OCCCCN3CCCCC3)c2)NC1=O. The summed E-state index contributed by atoms with van der Waals surface area (Å²) in [5, 5.41) is 18.9. The molecule has 0 aliphatic carbocycles. The highest BCUT2D eigenvalue weighted by Gasteiger charge is 2.32. The summed E-state index contributed by atoms with van der Waals surface area (Å²) < 4.78 is 5.85. The molecule has 9 heteroatoms. The molecule has 0 radical (unpaired) electrons. The number of amidine groups is 1. The number of benzene rings is 1. The summed E-state index contributed by atoms with van der Waals surface area (Å²) in [6.07, 6.45) is 7.52. The Morgan fingerprint density at radius 1 is 1.30 bits per heavy atom. The molecule has 3 rings (SSSR count). The fraction of sp³-hybridized carbons (Fsp3) is 0.524. The van der Waals surface area contributed by atoms with Gasteiger partial charge in [-0.1, -0.05) is 30.3 Å². The van der Waals surface area contributed by atoms with Crippen LogP contribution in [0.25, 0.3) is 0 Å². The summed E-state index contributed by atoms with van der Waals surface area (Å²) >= 11 is 1.08. The van der Waals surface area contributed by atoms with Crippen molar-refractivity contribution < 1.29 is 19.4 Å². The van der Waals surface area contributed by atoms with Crippen LogP contribution in [0.15, 0.2) is 34.5 Å². The van der Waals surface area contributed by atoms with Crippen molar-refractivity contribution in [3.63, 3.8) is 0 Å². The zero-order valence-electron chi connectivity index (χ0n) is 17.0. The molecule has 2 fully saturated rings. The first kappa shape index (κ1) is 22.3. The molecule has 30 heavy (non-hydrogen) atoms. The minimum Gasteiger partial charge on any atom is -0.494 e. The Kier molecular flexibility index (Phi) is 8.70. The van der Waals surface area contributed by atoms with E-state index in [1.807, 2.05) is 24.3 Å². The lowest BCUT2D eigenvalue weighted by Gasteiger charge is -2.26. The molecule has 1 aromatic carbocycles. The highest BCUT2D eigenvalue weighted by Crippen LogP contribution is 2.22. The molecule has 2 N–H and O–H groups in total. The van der Waals surface area contributed by atoms with Gasteiger partial charge in [0.1, 0.15) is 11.0 Å². The number of piperidine rings is 1. The third-order valence-electron chi connectivity index (χ3n) is 4.94. The van der Waals surface area contributed by atoms with Crippen LogP contribution in [0.1, 0.15) is 44.1 Å². The number of hydrogen-bond donors (Lipinski definition) is 2. The fourth-order valence-corrected chi connectivity index (χ4v) is 4.30. The lowest BCUT2D eigenvalue weighted by Crippen LogP contribution is -2.30. The maximum Gasteiger partial charge on any atom is 0.305 e. The predicted molar refractivity (Wildman–Crippen MR) is 118 cm³/mol. The predicted octanol–water partition coefficient (Wildman–Crippen LogP) is 2.73. The average Bonchev–Trinajstić information content (AvgIpc) is 3.07. The van der Waals surface area contributed by atoms with E-state index in [0.717, 1.165) is 42.5 Å². The molecule has 0 spiro atoms. The highest BCUT2D eigenvalue weighted by atomic mass is 32.2. The fourth-order valence-electron chi connectivity index (χ4n) is 3.39. The first-order chi connectivity index (χ1) is 14.6. The molecular weight excluding hydrogens is 404 g/mol. The van der Waals surface area contributed by atoms with E-state index in [1.165, 1.54) is 32.4 Å². The number of likely N-dealkylation sites (tertiary alicyclic amines) is 1. The molecule has 1 unspecified atom stereocenters. The summed E-state index contributed by atoms with van der Waals surface area (Å²) in [5.41, 5.74) is 0.835. The molecular formula is C21H28N4O4S. The number of amides is 1. The molecule has 2 aliphatic heterocycles. The second-order valence-corrected chi connectivity index (χ2v) is 8.57. The summed E-state index contributed by atoms with van der Waals surface area (Å²) in [5.74, 6) is -0.586. The zero-order chi connectivity index (χ0) is 21.2. The van der Waals surface area contributed by atoms with Gasteiger partial charge >= 0.3 is 5.97 Å². The number of unbranched alkanes of at least 4 members (excludes halogenated alkanes) is 1. The van der Waals surface area contributed by atoms with E-state index >= 15 is 0 Å². The molecule has 0 saturated carbocycles. The number of carbonyl (C=O) groups is 2. The van der Waals surface area contributed by atoms with Gasteiger partial charge in [-0.25, -0.2) is 0 Å². The normalized spacial score (nSPS) is 21.3. The lowest BCUT2D eigenvalue weighted by molar-refractivity contribution is -0.138. The number of carboxylic acids is 1. The Balaban J connectivity index is 1.40. The van der Waals surface area contributed by atoms with Crippen molar-refractivity contribution in [1.82, 2.24) is 10.2 Å². The largest absolute Gasteiger partial charge is 0.494 e. The van der Waals surface area contributed by atoms with Gasteiger partial charge < -0.3 is 20.1 Å². The number of thioether (sulfide) groups is 1. The Hall–Kier alpha value is -2.39. The van der Waals surface area contributed by atoms with Crippen LogP contribution in [0, 0.1) is 0 Å². The van der Waals surface area contributed by atoms with E-state index < -0.39 is 11.2 Å². The molecule has 1 aromatic rings. The van der Waals surface area contributed by atoms with Crippen molar-refractivity contribution in [3.05, 3.63) is 29.8 Å². The van der Waals surface area contributed by atoms with Crippen LogP contribution in [0.2, 0.25) is 0 Å². The summed E-state index contributed by atoms with van der Waals surface area (Å²) in [6.45, 7) is 4.30. The molecule has 8 nitrogen and oxygen atoms in total. The summed E-state index contributed by atoms with van der Waals surface area (Å²) in [7, 11) is 0. The number of nitrogens with zero attached hydrogens (tertiary/aromatic N) is 3. The van der Waals surface area contributed by atoms with E-state index in [1.54, 1.807) is 6.21 Å². The van der Waals surface area contributed by atoms with Gasteiger partial charge in [-0.05, 0) is 63.0 Å². The number of aliphatic carboxylic acids is 1. The minimum absolute atomic E-state index is 0.239.